The molecule has 2 fully saturated rings. The fourth-order valence-corrected chi connectivity index (χ4v) is 4.04. The fraction of sp³-hybridized carbons (Fsp3) is 0.435. The van der Waals surface area contributed by atoms with Gasteiger partial charge in [0.05, 0.1) is 0 Å². The van der Waals surface area contributed by atoms with Crippen LogP contribution in [0.4, 0.5) is 5.82 Å². The molecule has 0 aliphatic carbocycles. The maximum Gasteiger partial charge on any atom is 0.253 e. The van der Waals surface area contributed by atoms with Crippen LogP contribution in [-0.2, 0) is 0 Å². The quantitative estimate of drug-likeness (QED) is 0.806. The summed E-state index contributed by atoms with van der Waals surface area (Å²) in [5, 5.41) is 0. The van der Waals surface area contributed by atoms with Crippen LogP contribution in [0.3, 0.4) is 0 Å². The van der Waals surface area contributed by atoms with Crippen LogP contribution < -0.4 is 4.90 Å². The van der Waals surface area contributed by atoms with Gasteiger partial charge in [0.1, 0.15) is 5.82 Å². The molecule has 0 N–H and O–H groups in total. The highest BCUT2D eigenvalue weighted by Crippen LogP contribution is 2.20. The Morgan fingerprint density at radius 2 is 1.45 bits per heavy atom. The van der Waals surface area contributed by atoms with E-state index in [1.54, 1.807) is 12.3 Å². The number of pyridine rings is 1. The first-order valence-electron chi connectivity index (χ1n) is 10.5. The molecule has 0 saturated carbocycles. The molecule has 0 radical (unpaired) electrons. The monoisotopic (exact) mass is 392 g/mol. The Labute approximate surface area is 172 Å². The standard InChI is InChI=1S/C23H28N4O2/c1-18-8-11-26(12-9-18)22(28)19-5-4-6-20(17-19)23(29)27-15-13-25(14-16-27)21-7-2-3-10-24-21/h2-7,10,17-18H,8-9,11-16H2,1H3. The van der Waals surface area contributed by atoms with Gasteiger partial charge in [-0.15, -0.1) is 0 Å². The van der Waals surface area contributed by atoms with Crippen LogP contribution in [-0.4, -0.2) is 65.9 Å². The molecule has 6 nitrogen and oxygen atoms in total. The van der Waals surface area contributed by atoms with Gasteiger partial charge in [0.2, 0.25) is 0 Å². The van der Waals surface area contributed by atoms with E-state index >= 15 is 0 Å². The van der Waals surface area contributed by atoms with Gasteiger partial charge in [-0.05, 0) is 49.1 Å². The molecule has 3 heterocycles. The number of piperazine rings is 1. The van der Waals surface area contributed by atoms with E-state index in [0.717, 1.165) is 44.8 Å². The summed E-state index contributed by atoms with van der Waals surface area (Å²) in [7, 11) is 0. The summed E-state index contributed by atoms with van der Waals surface area (Å²) in [4.78, 5) is 36.2. The zero-order chi connectivity index (χ0) is 20.2. The maximum atomic E-state index is 13.0. The van der Waals surface area contributed by atoms with Crippen molar-refractivity contribution in [2.24, 2.45) is 5.92 Å². The number of carbonyl (C=O) groups excluding carboxylic acids is 2. The van der Waals surface area contributed by atoms with Crippen molar-refractivity contribution >= 4 is 17.6 Å². The number of amides is 2. The number of hydrogen-bond acceptors (Lipinski definition) is 4. The minimum Gasteiger partial charge on any atom is -0.353 e. The van der Waals surface area contributed by atoms with E-state index in [2.05, 4.69) is 16.8 Å². The normalized spacial score (nSPS) is 18.0. The van der Waals surface area contributed by atoms with Crippen LogP contribution in [0, 0.1) is 5.92 Å². The van der Waals surface area contributed by atoms with Crippen LogP contribution in [0.15, 0.2) is 48.7 Å². The van der Waals surface area contributed by atoms with Gasteiger partial charge in [-0.1, -0.05) is 19.1 Å². The van der Waals surface area contributed by atoms with E-state index < -0.39 is 0 Å². The molecule has 2 aliphatic rings. The average molecular weight is 393 g/mol. The molecule has 152 valence electrons. The molecule has 1 aromatic carbocycles. The molecule has 2 amide bonds. The van der Waals surface area contributed by atoms with Crippen molar-refractivity contribution in [2.45, 2.75) is 19.8 Å². The predicted molar refractivity (Wildman–Crippen MR) is 113 cm³/mol. The van der Waals surface area contributed by atoms with E-state index in [0.29, 0.717) is 30.1 Å². The molecule has 2 saturated heterocycles. The van der Waals surface area contributed by atoms with E-state index in [1.165, 1.54) is 0 Å². The number of likely N-dealkylation sites (tertiary alicyclic amines) is 1. The zero-order valence-corrected chi connectivity index (χ0v) is 17.0. The molecule has 0 spiro atoms. The maximum absolute atomic E-state index is 13.0. The number of piperidine rings is 1. The summed E-state index contributed by atoms with van der Waals surface area (Å²) < 4.78 is 0. The van der Waals surface area contributed by atoms with Crippen LogP contribution in [0.1, 0.15) is 40.5 Å². The minimum absolute atomic E-state index is 0.00686. The lowest BCUT2D eigenvalue weighted by molar-refractivity contribution is 0.0697. The highest BCUT2D eigenvalue weighted by Gasteiger charge is 2.25. The van der Waals surface area contributed by atoms with Gasteiger partial charge in [-0.2, -0.15) is 0 Å². The van der Waals surface area contributed by atoms with Gasteiger partial charge in [0.25, 0.3) is 11.8 Å². The number of aromatic nitrogens is 1. The summed E-state index contributed by atoms with van der Waals surface area (Å²) in [6.45, 7) is 6.64. The number of nitrogens with zero attached hydrogens (tertiary/aromatic N) is 4. The molecule has 0 bridgehead atoms. The van der Waals surface area contributed by atoms with Crippen molar-refractivity contribution in [1.82, 2.24) is 14.8 Å². The third-order valence-electron chi connectivity index (χ3n) is 5.97. The number of hydrogen-bond donors (Lipinski definition) is 0. The number of carbonyl (C=O) groups is 2. The highest BCUT2D eigenvalue weighted by molar-refractivity contribution is 5.99. The van der Waals surface area contributed by atoms with E-state index in [-0.39, 0.29) is 11.8 Å². The first kappa shape index (κ1) is 19.4. The predicted octanol–water partition coefficient (Wildman–Crippen LogP) is 2.92. The minimum atomic E-state index is -0.00686. The number of anilines is 1. The lowest BCUT2D eigenvalue weighted by Crippen LogP contribution is -2.49. The van der Waals surface area contributed by atoms with Crippen molar-refractivity contribution < 1.29 is 9.59 Å². The van der Waals surface area contributed by atoms with Crippen LogP contribution in [0.25, 0.3) is 0 Å². The Morgan fingerprint density at radius 3 is 2.03 bits per heavy atom. The van der Waals surface area contributed by atoms with Crippen molar-refractivity contribution in [1.29, 1.82) is 0 Å². The highest BCUT2D eigenvalue weighted by atomic mass is 16.2. The second-order valence-electron chi connectivity index (χ2n) is 8.02. The molecule has 1 aromatic heterocycles. The molecule has 0 unspecified atom stereocenters. The third-order valence-corrected chi connectivity index (χ3v) is 5.97. The first-order valence-corrected chi connectivity index (χ1v) is 10.5. The molecule has 6 heteroatoms. The van der Waals surface area contributed by atoms with E-state index in [1.807, 2.05) is 46.2 Å². The fourth-order valence-electron chi connectivity index (χ4n) is 4.04. The Kier molecular flexibility index (Phi) is 5.79. The van der Waals surface area contributed by atoms with Crippen LogP contribution in [0.5, 0.6) is 0 Å². The van der Waals surface area contributed by atoms with Gasteiger partial charge in [0.15, 0.2) is 0 Å². The summed E-state index contributed by atoms with van der Waals surface area (Å²) in [6.07, 6.45) is 3.88. The molecule has 0 atom stereocenters. The van der Waals surface area contributed by atoms with Gasteiger partial charge in [-0.3, -0.25) is 9.59 Å². The van der Waals surface area contributed by atoms with E-state index in [9.17, 15) is 9.59 Å². The van der Waals surface area contributed by atoms with Crippen molar-refractivity contribution in [3.8, 4) is 0 Å². The average Bonchev–Trinajstić information content (AvgIpc) is 2.79. The second kappa shape index (κ2) is 8.64. The van der Waals surface area contributed by atoms with E-state index in [4.69, 9.17) is 0 Å². The van der Waals surface area contributed by atoms with Gasteiger partial charge >= 0.3 is 0 Å². The Hall–Kier alpha value is -2.89. The third kappa shape index (κ3) is 4.42. The molecule has 29 heavy (non-hydrogen) atoms. The van der Waals surface area contributed by atoms with Gasteiger partial charge in [0, 0.05) is 56.6 Å². The summed E-state index contributed by atoms with van der Waals surface area (Å²) >= 11 is 0. The second-order valence-corrected chi connectivity index (χ2v) is 8.02. The van der Waals surface area contributed by atoms with Crippen molar-refractivity contribution in [3.05, 3.63) is 59.8 Å². The lowest BCUT2D eigenvalue weighted by Gasteiger charge is -2.35. The van der Waals surface area contributed by atoms with Crippen molar-refractivity contribution in [2.75, 3.05) is 44.2 Å². The molecule has 2 aromatic rings. The lowest BCUT2D eigenvalue weighted by atomic mass is 9.98. The first-order chi connectivity index (χ1) is 14.1. The number of rotatable bonds is 3. The molecular weight excluding hydrogens is 364 g/mol. The Balaban J connectivity index is 1.39. The summed E-state index contributed by atoms with van der Waals surface area (Å²) in [6, 6.07) is 13.1. The molecule has 2 aliphatic heterocycles. The Morgan fingerprint density at radius 1 is 0.828 bits per heavy atom. The topological polar surface area (TPSA) is 56.8 Å². The van der Waals surface area contributed by atoms with Crippen LogP contribution >= 0.6 is 0 Å². The summed E-state index contributed by atoms with van der Waals surface area (Å²) in [5.74, 6) is 1.65. The van der Waals surface area contributed by atoms with Gasteiger partial charge < -0.3 is 14.7 Å². The zero-order valence-electron chi connectivity index (χ0n) is 17.0. The van der Waals surface area contributed by atoms with Gasteiger partial charge in [-0.25, -0.2) is 4.98 Å². The smallest absolute Gasteiger partial charge is 0.253 e. The summed E-state index contributed by atoms with van der Waals surface area (Å²) in [5.41, 5.74) is 1.20. The number of benzene rings is 1. The SMILES string of the molecule is CC1CCN(C(=O)c2cccc(C(=O)N3CCN(c4ccccn4)CC3)c2)CC1. The molecule has 4 rings (SSSR count). The van der Waals surface area contributed by atoms with Crippen LogP contribution in [0.2, 0.25) is 0 Å². The molecular formula is C23H28N4O2. The largest absolute Gasteiger partial charge is 0.353 e. The Bertz CT molecular complexity index is 854. The van der Waals surface area contributed by atoms with Crippen molar-refractivity contribution in [3.63, 3.8) is 0 Å².